The fourth-order valence-corrected chi connectivity index (χ4v) is 3.35. The molecule has 3 aromatic carbocycles. The molecule has 0 saturated carbocycles. The number of para-hydroxylation sites is 1. The third kappa shape index (κ3) is 3.57. The standard InChI is InChI=1S/C22H20BrNO2/c1-16(24-15-17-9-8-14-20(23)21(17)25)22(26,18-10-4-2-5-11-18)19-12-6-3-7-13-19/h2-16,25-26H,1H3/t16-/m1/s1. The molecule has 0 saturated heterocycles. The number of aliphatic hydroxyl groups is 1. The lowest BCUT2D eigenvalue weighted by Crippen LogP contribution is -2.38. The summed E-state index contributed by atoms with van der Waals surface area (Å²) in [5.41, 5.74) is 0.860. The van der Waals surface area contributed by atoms with Crippen LogP contribution in [0.4, 0.5) is 0 Å². The van der Waals surface area contributed by atoms with Crippen molar-refractivity contribution in [1.29, 1.82) is 0 Å². The number of benzene rings is 3. The molecule has 4 heteroatoms. The molecule has 0 fully saturated rings. The van der Waals surface area contributed by atoms with Gasteiger partial charge in [0.1, 0.15) is 11.4 Å². The number of nitrogens with zero attached hydrogens (tertiary/aromatic N) is 1. The molecular weight excluding hydrogens is 390 g/mol. The van der Waals surface area contributed by atoms with E-state index in [1.165, 1.54) is 0 Å². The molecule has 0 aliphatic heterocycles. The topological polar surface area (TPSA) is 52.8 Å². The van der Waals surface area contributed by atoms with Crippen LogP contribution < -0.4 is 0 Å². The maximum Gasteiger partial charge on any atom is 0.138 e. The van der Waals surface area contributed by atoms with Gasteiger partial charge < -0.3 is 10.2 Å². The Balaban J connectivity index is 2.02. The van der Waals surface area contributed by atoms with Gasteiger partial charge in [-0.15, -0.1) is 0 Å². The maximum absolute atomic E-state index is 11.6. The van der Waals surface area contributed by atoms with Gasteiger partial charge in [0.2, 0.25) is 0 Å². The van der Waals surface area contributed by atoms with Crippen molar-refractivity contribution < 1.29 is 10.2 Å². The molecule has 1 atom stereocenters. The van der Waals surface area contributed by atoms with Crippen molar-refractivity contribution in [3.8, 4) is 5.75 Å². The highest BCUT2D eigenvalue weighted by atomic mass is 79.9. The molecule has 0 amide bonds. The molecule has 2 N–H and O–H groups in total. The van der Waals surface area contributed by atoms with E-state index in [1.807, 2.05) is 73.7 Å². The summed E-state index contributed by atoms with van der Waals surface area (Å²) in [6.45, 7) is 1.87. The van der Waals surface area contributed by atoms with Crippen LogP contribution in [0, 0.1) is 0 Å². The van der Waals surface area contributed by atoms with Gasteiger partial charge in [0.15, 0.2) is 0 Å². The number of hydrogen-bond acceptors (Lipinski definition) is 3. The van der Waals surface area contributed by atoms with Crippen LogP contribution in [0.5, 0.6) is 5.75 Å². The Kier molecular flexibility index (Phi) is 5.55. The Morgan fingerprint density at radius 2 is 1.42 bits per heavy atom. The Hall–Kier alpha value is -2.43. The molecule has 0 bridgehead atoms. The van der Waals surface area contributed by atoms with Crippen LogP contribution in [0.3, 0.4) is 0 Å². The second-order valence-corrected chi connectivity index (χ2v) is 6.98. The largest absolute Gasteiger partial charge is 0.506 e. The first-order valence-electron chi connectivity index (χ1n) is 8.37. The van der Waals surface area contributed by atoms with Gasteiger partial charge in [-0.05, 0) is 46.1 Å². The van der Waals surface area contributed by atoms with Crippen molar-refractivity contribution in [2.45, 2.75) is 18.6 Å². The van der Waals surface area contributed by atoms with Gasteiger partial charge in [-0.2, -0.15) is 0 Å². The highest BCUT2D eigenvalue weighted by molar-refractivity contribution is 9.10. The van der Waals surface area contributed by atoms with Gasteiger partial charge in [-0.25, -0.2) is 0 Å². The molecule has 0 aliphatic rings. The van der Waals surface area contributed by atoms with Crippen LogP contribution in [-0.2, 0) is 5.60 Å². The maximum atomic E-state index is 11.6. The molecular formula is C22H20BrNO2. The third-order valence-electron chi connectivity index (χ3n) is 4.49. The third-order valence-corrected chi connectivity index (χ3v) is 5.13. The molecule has 0 unspecified atom stereocenters. The zero-order valence-corrected chi connectivity index (χ0v) is 16.0. The van der Waals surface area contributed by atoms with Gasteiger partial charge in [-0.3, -0.25) is 4.99 Å². The van der Waals surface area contributed by atoms with E-state index in [0.29, 0.717) is 10.0 Å². The second-order valence-electron chi connectivity index (χ2n) is 6.13. The summed E-state index contributed by atoms with van der Waals surface area (Å²) >= 11 is 3.30. The first kappa shape index (κ1) is 18.4. The number of aliphatic imine (C=N–C) groups is 1. The number of hydrogen-bond donors (Lipinski definition) is 2. The number of phenols is 1. The summed E-state index contributed by atoms with van der Waals surface area (Å²) in [5.74, 6) is 0.131. The van der Waals surface area contributed by atoms with E-state index in [0.717, 1.165) is 11.1 Å². The van der Waals surface area contributed by atoms with Gasteiger partial charge in [0, 0.05) is 11.8 Å². The zero-order chi connectivity index (χ0) is 18.6. The predicted molar refractivity (Wildman–Crippen MR) is 109 cm³/mol. The molecule has 0 heterocycles. The number of phenolic OH excluding ortho intramolecular Hbond substituents is 1. The van der Waals surface area contributed by atoms with E-state index in [1.54, 1.807) is 18.3 Å². The van der Waals surface area contributed by atoms with Crippen LogP contribution in [-0.4, -0.2) is 22.5 Å². The van der Waals surface area contributed by atoms with Crippen molar-refractivity contribution in [2.75, 3.05) is 0 Å². The van der Waals surface area contributed by atoms with Crippen LogP contribution in [0.1, 0.15) is 23.6 Å². The average molecular weight is 410 g/mol. The van der Waals surface area contributed by atoms with Crippen molar-refractivity contribution in [1.82, 2.24) is 0 Å². The summed E-state index contributed by atoms with van der Waals surface area (Å²) in [5, 5.41) is 21.8. The molecule has 132 valence electrons. The van der Waals surface area contributed by atoms with Gasteiger partial charge >= 0.3 is 0 Å². The number of halogens is 1. The van der Waals surface area contributed by atoms with Crippen molar-refractivity contribution in [3.63, 3.8) is 0 Å². The average Bonchev–Trinajstić information content (AvgIpc) is 2.69. The van der Waals surface area contributed by atoms with Crippen LogP contribution >= 0.6 is 15.9 Å². The number of rotatable bonds is 5. The van der Waals surface area contributed by atoms with E-state index in [4.69, 9.17) is 0 Å². The molecule has 3 rings (SSSR count). The second kappa shape index (κ2) is 7.85. The SMILES string of the molecule is C[C@@H](N=Cc1cccc(Br)c1O)C(O)(c1ccccc1)c1ccccc1. The normalized spacial score (nSPS) is 13.0. The summed E-state index contributed by atoms with van der Waals surface area (Å²) < 4.78 is 0.607. The monoisotopic (exact) mass is 409 g/mol. The van der Waals surface area contributed by atoms with E-state index < -0.39 is 11.6 Å². The highest BCUT2D eigenvalue weighted by Crippen LogP contribution is 2.35. The molecule has 0 aromatic heterocycles. The van der Waals surface area contributed by atoms with Gasteiger partial charge in [0.25, 0.3) is 0 Å². The lowest BCUT2D eigenvalue weighted by Gasteiger charge is -2.33. The highest BCUT2D eigenvalue weighted by Gasteiger charge is 2.37. The Labute approximate surface area is 161 Å². The summed E-state index contributed by atoms with van der Waals surface area (Å²) in [4.78, 5) is 4.57. The minimum Gasteiger partial charge on any atom is -0.506 e. The molecule has 0 radical (unpaired) electrons. The Bertz CT molecular complexity index is 855. The minimum atomic E-state index is -1.28. The fraction of sp³-hybridized carbons (Fsp3) is 0.136. The quantitative estimate of drug-likeness (QED) is 0.588. The first-order valence-corrected chi connectivity index (χ1v) is 9.17. The molecule has 3 nitrogen and oxygen atoms in total. The Morgan fingerprint density at radius 1 is 0.885 bits per heavy atom. The van der Waals surface area contributed by atoms with Gasteiger partial charge in [0.05, 0.1) is 10.5 Å². The smallest absolute Gasteiger partial charge is 0.138 e. The zero-order valence-electron chi connectivity index (χ0n) is 14.4. The molecule has 3 aromatic rings. The molecule has 0 spiro atoms. The van der Waals surface area contributed by atoms with E-state index >= 15 is 0 Å². The minimum absolute atomic E-state index is 0.131. The van der Waals surface area contributed by atoms with Crippen molar-refractivity contribution >= 4 is 22.1 Å². The van der Waals surface area contributed by atoms with E-state index in [9.17, 15) is 10.2 Å². The van der Waals surface area contributed by atoms with Gasteiger partial charge in [-0.1, -0.05) is 66.7 Å². The molecule has 26 heavy (non-hydrogen) atoms. The summed E-state index contributed by atoms with van der Waals surface area (Å²) in [7, 11) is 0. The summed E-state index contributed by atoms with van der Waals surface area (Å²) in [6, 6.07) is 23.9. The van der Waals surface area contributed by atoms with E-state index in [2.05, 4.69) is 20.9 Å². The van der Waals surface area contributed by atoms with Crippen molar-refractivity contribution in [3.05, 3.63) is 100 Å². The molecule has 0 aliphatic carbocycles. The van der Waals surface area contributed by atoms with Crippen LogP contribution in [0.15, 0.2) is 88.3 Å². The Morgan fingerprint density at radius 3 is 1.96 bits per heavy atom. The van der Waals surface area contributed by atoms with Crippen LogP contribution in [0.25, 0.3) is 0 Å². The van der Waals surface area contributed by atoms with Crippen LogP contribution in [0.2, 0.25) is 0 Å². The number of aromatic hydroxyl groups is 1. The lowest BCUT2D eigenvalue weighted by atomic mass is 9.81. The fourth-order valence-electron chi connectivity index (χ4n) is 2.97. The van der Waals surface area contributed by atoms with Crippen molar-refractivity contribution in [2.24, 2.45) is 4.99 Å². The first-order chi connectivity index (χ1) is 12.5. The predicted octanol–water partition coefficient (Wildman–Crippen LogP) is 4.90. The van der Waals surface area contributed by atoms with E-state index in [-0.39, 0.29) is 5.75 Å². The lowest BCUT2D eigenvalue weighted by molar-refractivity contribution is 0.0589. The summed E-state index contributed by atoms with van der Waals surface area (Å²) in [6.07, 6.45) is 1.60.